The summed E-state index contributed by atoms with van der Waals surface area (Å²) in [5.74, 6) is -2.34. The highest BCUT2D eigenvalue weighted by molar-refractivity contribution is 7.89. The molecule has 2 aromatic carbocycles. The second-order valence-electron chi connectivity index (χ2n) is 8.12. The molecule has 0 bridgehead atoms. The highest BCUT2D eigenvalue weighted by atomic mass is 32.2. The van der Waals surface area contributed by atoms with Crippen LogP contribution in [0.4, 0.5) is 8.78 Å². The highest BCUT2D eigenvalue weighted by Gasteiger charge is 2.34. The lowest BCUT2D eigenvalue weighted by Gasteiger charge is -2.31. The van der Waals surface area contributed by atoms with Gasteiger partial charge < -0.3 is 5.32 Å². The summed E-state index contributed by atoms with van der Waals surface area (Å²) in [7, 11) is -4.18. The minimum absolute atomic E-state index is 0.0601. The maximum atomic E-state index is 14.1. The van der Waals surface area contributed by atoms with Crippen molar-refractivity contribution in [1.29, 1.82) is 0 Å². The van der Waals surface area contributed by atoms with Gasteiger partial charge >= 0.3 is 0 Å². The lowest BCUT2D eigenvalue weighted by molar-refractivity contribution is -0.126. The van der Waals surface area contributed by atoms with E-state index in [9.17, 15) is 22.0 Å². The molecule has 0 unspecified atom stereocenters. The number of nitrogens with zero attached hydrogens (tertiary/aromatic N) is 1. The van der Waals surface area contributed by atoms with Crippen LogP contribution in [0.3, 0.4) is 0 Å². The molecule has 0 saturated carbocycles. The number of amides is 1. The standard InChI is InChI=1S/C24H24F2N2O3S2/c1-16-4-6-17(7-5-16)23(21-3-2-14-32-21)27-24(29)18-10-12-28(13-11-18)33(30,31)22-15-19(25)8-9-20(22)26/h2-9,14-15,18,23H,10-13H2,1H3,(H,27,29)/t23-/m1/s1. The molecule has 9 heteroatoms. The molecular formula is C24H24F2N2O3S2. The fourth-order valence-electron chi connectivity index (χ4n) is 3.97. The van der Waals surface area contributed by atoms with Crippen molar-refractivity contribution in [3.8, 4) is 0 Å². The number of aryl methyl sites for hydroxylation is 1. The number of thiophene rings is 1. The molecule has 0 radical (unpaired) electrons. The molecule has 4 rings (SSSR count). The summed E-state index contributed by atoms with van der Waals surface area (Å²) in [4.78, 5) is 13.4. The van der Waals surface area contributed by atoms with E-state index in [4.69, 9.17) is 0 Å². The zero-order valence-corrected chi connectivity index (χ0v) is 19.6. The zero-order chi connectivity index (χ0) is 23.6. The van der Waals surface area contributed by atoms with Gasteiger partial charge in [-0.15, -0.1) is 11.3 Å². The maximum Gasteiger partial charge on any atom is 0.246 e. The minimum Gasteiger partial charge on any atom is -0.344 e. The SMILES string of the molecule is Cc1ccc([C@@H](NC(=O)C2CCN(S(=O)(=O)c3cc(F)ccc3F)CC2)c2cccs2)cc1. The largest absolute Gasteiger partial charge is 0.344 e. The van der Waals surface area contributed by atoms with E-state index in [1.165, 1.54) is 0 Å². The summed E-state index contributed by atoms with van der Waals surface area (Å²) in [6.45, 7) is 2.12. The van der Waals surface area contributed by atoms with Crippen LogP contribution < -0.4 is 5.32 Å². The Morgan fingerprint density at radius 2 is 1.79 bits per heavy atom. The normalized spacial score (nSPS) is 16.5. The number of carbonyl (C=O) groups is 1. The molecular weight excluding hydrogens is 466 g/mol. The van der Waals surface area contributed by atoms with E-state index < -0.39 is 26.6 Å². The van der Waals surface area contributed by atoms with Gasteiger partial charge in [0.05, 0.1) is 6.04 Å². The molecule has 5 nitrogen and oxygen atoms in total. The molecule has 0 aliphatic carbocycles. The number of rotatable bonds is 6. The molecule has 1 amide bonds. The highest BCUT2D eigenvalue weighted by Crippen LogP contribution is 2.29. The molecule has 0 spiro atoms. The van der Waals surface area contributed by atoms with Crippen LogP contribution in [0.25, 0.3) is 0 Å². The number of piperidine rings is 1. The third-order valence-corrected chi connectivity index (χ3v) is 8.71. The van der Waals surface area contributed by atoms with E-state index in [1.807, 2.05) is 48.7 Å². The van der Waals surface area contributed by atoms with Gasteiger partial charge in [-0.3, -0.25) is 4.79 Å². The predicted molar refractivity (Wildman–Crippen MR) is 123 cm³/mol. The van der Waals surface area contributed by atoms with Crippen LogP contribution in [0.15, 0.2) is 64.9 Å². The van der Waals surface area contributed by atoms with Crippen LogP contribution in [-0.2, 0) is 14.8 Å². The Morgan fingerprint density at radius 3 is 2.42 bits per heavy atom. The van der Waals surface area contributed by atoms with Crippen molar-refractivity contribution < 1.29 is 22.0 Å². The predicted octanol–water partition coefficient (Wildman–Crippen LogP) is 4.64. The van der Waals surface area contributed by atoms with E-state index in [2.05, 4.69) is 5.32 Å². The van der Waals surface area contributed by atoms with Crippen LogP contribution in [0.5, 0.6) is 0 Å². The quantitative estimate of drug-likeness (QED) is 0.547. The Hall–Kier alpha value is -2.62. The Balaban J connectivity index is 1.45. The molecule has 3 aromatic rings. The van der Waals surface area contributed by atoms with Gasteiger partial charge in [-0.05, 0) is 55.0 Å². The van der Waals surface area contributed by atoms with Gasteiger partial charge in [-0.1, -0.05) is 35.9 Å². The fraction of sp³-hybridized carbons (Fsp3) is 0.292. The van der Waals surface area contributed by atoms with Crippen molar-refractivity contribution in [2.75, 3.05) is 13.1 Å². The molecule has 1 atom stereocenters. The van der Waals surface area contributed by atoms with Gasteiger partial charge in [0.1, 0.15) is 16.5 Å². The van der Waals surface area contributed by atoms with Gasteiger partial charge in [0.25, 0.3) is 0 Å². The summed E-state index contributed by atoms with van der Waals surface area (Å²) in [6.07, 6.45) is 0.597. The third kappa shape index (κ3) is 5.15. The van der Waals surface area contributed by atoms with Crippen molar-refractivity contribution in [2.45, 2.75) is 30.7 Å². The number of sulfonamides is 1. The summed E-state index contributed by atoms with van der Waals surface area (Å²) >= 11 is 1.55. The van der Waals surface area contributed by atoms with Gasteiger partial charge in [-0.2, -0.15) is 4.31 Å². The van der Waals surface area contributed by atoms with E-state index in [0.29, 0.717) is 18.9 Å². The monoisotopic (exact) mass is 490 g/mol. The second kappa shape index (κ2) is 9.70. The summed E-state index contributed by atoms with van der Waals surface area (Å²) in [5.41, 5.74) is 2.09. The van der Waals surface area contributed by atoms with Crippen molar-refractivity contribution in [2.24, 2.45) is 5.92 Å². The van der Waals surface area contributed by atoms with Gasteiger partial charge in [0.15, 0.2) is 0 Å². The van der Waals surface area contributed by atoms with Crippen molar-refractivity contribution in [3.05, 3.63) is 87.6 Å². The topological polar surface area (TPSA) is 66.5 Å². The number of halogens is 2. The zero-order valence-electron chi connectivity index (χ0n) is 18.0. The van der Waals surface area contributed by atoms with Gasteiger partial charge in [-0.25, -0.2) is 17.2 Å². The van der Waals surface area contributed by atoms with E-state index >= 15 is 0 Å². The summed E-state index contributed by atoms with van der Waals surface area (Å²) in [6, 6.07) is 14.0. The molecule has 33 heavy (non-hydrogen) atoms. The first kappa shape index (κ1) is 23.5. The minimum atomic E-state index is -4.18. The number of nitrogens with one attached hydrogen (secondary N) is 1. The molecule has 174 valence electrons. The van der Waals surface area contributed by atoms with Crippen LogP contribution in [-0.4, -0.2) is 31.7 Å². The van der Waals surface area contributed by atoms with Crippen LogP contribution >= 0.6 is 11.3 Å². The molecule has 1 saturated heterocycles. The number of benzene rings is 2. The lowest BCUT2D eigenvalue weighted by Crippen LogP contribution is -2.43. The first-order valence-corrected chi connectivity index (χ1v) is 12.9. The third-order valence-electron chi connectivity index (χ3n) is 5.86. The number of hydrogen-bond donors (Lipinski definition) is 1. The Kier molecular flexibility index (Phi) is 6.92. The van der Waals surface area contributed by atoms with Crippen molar-refractivity contribution in [3.63, 3.8) is 0 Å². The average molecular weight is 491 g/mol. The molecule has 1 N–H and O–H groups in total. The van der Waals surface area contributed by atoms with E-state index in [1.54, 1.807) is 11.3 Å². The van der Waals surface area contributed by atoms with Crippen LogP contribution in [0, 0.1) is 24.5 Å². The van der Waals surface area contributed by atoms with Crippen LogP contribution in [0.2, 0.25) is 0 Å². The molecule has 1 aliphatic heterocycles. The molecule has 1 fully saturated rings. The summed E-state index contributed by atoms with van der Waals surface area (Å²) in [5, 5.41) is 5.08. The average Bonchev–Trinajstić information content (AvgIpc) is 3.34. The molecule has 1 aliphatic rings. The molecule has 2 heterocycles. The fourth-order valence-corrected chi connectivity index (χ4v) is 6.31. The van der Waals surface area contributed by atoms with E-state index in [-0.39, 0.29) is 31.0 Å². The van der Waals surface area contributed by atoms with Gasteiger partial charge in [0.2, 0.25) is 15.9 Å². The summed E-state index contributed by atoms with van der Waals surface area (Å²) < 4.78 is 54.3. The maximum absolute atomic E-state index is 14.1. The Morgan fingerprint density at radius 1 is 1.09 bits per heavy atom. The number of hydrogen-bond acceptors (Lipinski definition) is 4. The van der Waals surface area contributed by atoms with Crippen molar-refractivity contribution >= 4 is 27.3 Å². The smallest absolute Gasteiger partial charge is 0.246 e. The van der Waals surface area contributed by atoms with Gasteiger partial charge in [0, 0.05) is 23.9 Å². The Labute approximate surface area is 196 Å². The first-order valence-electron chi connectivity index (χ1n) is 10.6. The Bertz CT molecular complexity index is 1220. The van der Waals surface area contributed by atoms with Crippen molar-refractivity contribution in [1.82, 2.24) is 9.62 Å². The second-order valence-corrected chi connectivity index (χ2v) is 11.0. The first-order chi connectivity index (χ1) is 15.8. The van der Waals surface area contributed by atoms with E-state index in [0.717, 1.165) is 32.4 Å². The lowest BCUT2D eigenvalue weighted by atomic mass is 9.95. The number of carbonyl (C=O) groups excluding carboxylic acids is 1. The molecule has 1 aromatic heterocycles. The van der Waals surface area contributed by atoms with Crippen LogP contribution in [0.1, 0.15) is 34.9 Å².